The molecule has 3 aromatic rings. The quantitative estimate of drug-likeness (QED) is 0.141. The van der Waals surface area contributed by atoms with Gasteiger partial charge in [0.05, 0.1) is 11.3 Å². The van der Waals surface area contributed by atoms with Crippen LogP contribution in [0.4, 0.5) is 5.69 Å². The van der Waals surface area contributed by atoms with Gasteiger partial charge >= 0.3 is 11.9 Å². The fourth-order valence-corrected chi connectivity index (χ4v) is 4.53. The number of ether oxygens (including phenoxy) is 2. The van der Waals surface area contributed by atoms with Gasteiger partial charge in [-0.25, -0.2) is 4.79 Å². The summed E-state index contributed by atoms with van der Waals surface area (Å²) in [5.74, 6) is -0.779. The van der Waals surface area contributed by atoms with E-state index in [1.807, 2.05) is 60.7 Å². The monoisotopic (exact) mass is 596 g/mol. The first kappa shape index (κ1) is 31.7. The van der Waals surface area contributed by atoms with Crippen molar-refractivity contribution in [3.8, 4) is 0 Å². The second kappa shape index (κ2) is 16.5. The summed E-state index contributed by atoms with van der Waals surface area (Å²) >= 11 is 3.41. The van der Waals surface area contributed by atoms with E-state index in [0.717, 1.165) is 36.3 Å². The van der Waals surface area contributed by atoms with E-state index in [-0.39, 0.29) is 26.4 Å². The maximum atomic E-state index is 12.2. The van der Waals surface area contributed by atoms with E-state index in [9.17, 15) is 14.4 Å². The molecule has 0 atom stereocenters. The number of esters is 2. The number of likely N-dealkylation sites (tertiary alicyclic amines) is 1. The van der Waals surface area contributed by atoms with Crippen molar-refractivity contribution in [2.75, 3.05) is 32.0 Å². The van der Waals surface area contributed by atoms with E-state index < -0.39 is 11.9 Å². The van der Waals surface area contributed by atoms with Crippen LogP contribution in [0, 0.1) is 0 Å². The predicted molar refractivity (Wildman–Crippen MR) is 158 cm³/mol. The third-order valence-corrected chi connectivity index (χ3v) is 6.64. The van der Waals surface area contributed by atoms with Gasteiger partial charge in [-0.05, 0) is 59.6 Å². The van der Waals surface area contributed by atoms with Crippen molar-refractivity contribution in [1.29, 1.82) is 0 Å². The smallest absolute Gasteiger partial charge is 0.338 e. The Morgan fingerprint density at radius 3 is 1.90 bits per heavy atom. The van der Waals surface area contributed by atoms with Crippen molar-refractivity contribution in [3.05, 3.63) is 99.5 Å². The van der Waals surface area contributed by atoms with Crippen LogP contribution in [0.3, 0.4) is 0 Å². The second-order valence-corrected chi connectivity index (χ2v) is 9.76. The van der Waals surface area contributed by atoms with Crippen LogP contribution in [0.25, 0.3) is 0 Å². The summed E-state index contributed by atoms with van der Waals surface area (Å²) in [6.45, 7) is 4.22. The van der Waals surface area contributed by atoms with Crippen molar-refractivity contribution in [2.24, 2.45) is 0 Å². The lowest BCUT2D eigenvalue weighted by atomic mass is 10.0. The van der Waals surface area contributed by atoms with E-state index in [0.29, 0.717) is 15.7 Å². The molecule has 0 unspecified atom stereocenters. The number of hydrogen-bond donors (Lipinski definition) is 1. The molecule has 8 heteroatoms. The molecule has 7 nitrogen and oxygen atoms in total. The highest BCUT2D eigenvalue weighted by Gasteiger charge is 2.17. The Morgan fingerprint density at radius 1 is 0.821 bits per heavy atom. The van der Waals surface area contributed by atoms with Gasteiger partial charge in [-0.3, -0.25) is 14.5 Å². The number of benzene rings is 3. The van der Waals surface area contributed by atoms with Crippen LogP contribution in [0.15, 0.2) is 77.3 Å². The lowest BCUT2D eigenvalue weighted by molar-refractivity contribution is -0.142. The minimum atomic E-state index is -0.456. The van der Waals surface area contributed by atoms with Crippen molar-refractivity contribution in [2.45, 2.75) is 40.2 Å². The van der Waals surface area contributed by atoms with Crippen LogP contribution < -0.4 is 5.73 Å². The maximum absolute atomic E-state index is 12.2. The molecule has 1 aliphatic rings. The van der Waals surface area contributed by atoms with Gasteiger partial charge in [-0.1, -0.05) is 74.5 Å². The number of nitrogens with zero attached hydrogens (tertiary/aromatic N) is 1. The third kappa shape index (κ3) is 10.3. The fraction of sp³-hybridized carbons (Fsp3) is 0.323. The zero-order valence-electron chi connectivity index (χ0n) is 21.5. The average molecular weight is 598 g/mol. The number of piperidine rings is 1. The largest absolute Gasteiger partial charge is 0.462 e. The van der Waals surface area contributed by atoms with Crippen molar-refractivity contribution in [1.82, 2.24) is 4.90 Å². The summed E-state index contributed by atoms with van der Waals surface area (Å²) in [6.07, 6.45) is 3.66. The maximum Gasteiger partial charge on any atom is 0.338 e. The Hall–Kier alpha value is -3.49. The molecule has 1 aliphatic heterocycles. The third-order valence-electron chi connectivity index (χ3n) is 5.99. The topological polar surface area (TPSA) is 98.9 Å². The summed E-state index contributed by atoms with van der Waals surface area (Å²) in [4.78, 5) is 37.0. The zero-order valence-corrected chi connectivity index (χ0v) is 23.1. The zero-order chi connectivity index (χ0) is 27.3. The number of nitrogens with two attached hydrogens (primary N) is 1. The molecule has 4 rings (SSSR count). The molecule has 0 spiro atoms. The van der Waals surface area contributed by atoms with Gasteiger partial charge < -0.3 is 15.2 Å². The molecule has 39 heavy (non-hydrogen) atoms. The molecule has 3 aromatic carbocycles. The van der Waals surface area contributed by atoms with Gasteiger partial charge in [-0.15, -0.1) is 0 Å². The van der Waals surface area contributed by atoms with Gasteiger partial charge in [0.2, 0.25) is 0 Å². The molecule has 208 valence electrons. The fourth-order valence-electron chi connectivity index (χ4n) is 4.03. The highest BCUT2D eigenvalue weighted by atomic mass is 79.9. The molecule has 0 amide bonds. The molecular formula is C31H37BrN2O5. The number of ketones is 1. The van der Waals surface area contributed by atoms with Crippen molar-refractivity contribution in [3.63, 3.8) is 0 Å². The molecule has 1 heterocycles. The number of nitrogen functional groups attached to an aromatic ring is 1. The Labute approximate surface area is 239 Å². The standard InChI is InChI=1S/C17H23BrN2O4.C13H10O.CH4/c1-12(21)23-7-8-24-17(22)13-9-14(16(19)15(18)10-13)11-20-5-3-2-4-6-20;14-13(11-7-3-1-4-8-11)12-9-5-2-6-10-12;/h9-10H,2-8,11,19H2,1H3;1-10H;1H4. The summed E-state index contributed by atoms with van der Waals surface area (Å²) in [7, 11) is 0. The molecule has 1 saturated heterocycles. The summed E-state index contributed by atoms with van der Waals surface area (Å²) in [5.41, 5.74) is 9.61. The minimum Gasteiger partial charge on any atom is -0.462 e. The van der Waals surface area contributed by atoms with Crippen LogP contribution in [-0.4, -0.2) is 48.9 Å². The predicted octanol–water partition coefficient (Wildman–Crippen LogP) is 6.29. The van der Waals surface area contributed by atoms with Gasteiger partial charge in [0.25, 0.3) is 0 Å². The van der Waals surface area contributed by atoms with Crippen molar-refractivity contribution < 1.29 is 23.9 Å². The molecule has 0 bridgehead atoms. The number of carbonyl (C=O) groups excluding carboxylic acids is 3. The number of halogens is 1. The molecule has 0 radical (unpaired) electrons. The normalized spacial score (nSPS) is 12.8. The molecule has 1 fully saturated rings. The second-order valence-electron chi connectivity index (χ2n) is 8.90. The van der Waals surface area contributed by atoms with Gasteiger partial charge in [-0.2, -0.15) is 0 Å². The van der Waals surface area contributed by atoms with Gasteiger partial charge in [0.1, 0.15) is 13.2 Å². The van der Waals surface area contributed by atoms with Crippen LogP contribution in [0.2, 0.25) is 0 Å². The minimum absolute atomic E-state index is 0. The highest BCUT2D eigenvalue weighted by Crippen LogP contribution is 2.28. The van der Waals surface area contributed by atoms with E-state index in [4.69, 9.17) is 15.2 Å². The number of hydrogen-bond acceptors (Lipinski definition) is 7. The van der Waals surface area contributed by atoms with Gasteiger partial charge in [0, 0.05) is 29.1 Å². The average Bonchev–Trinajstić information content (AvgIpc) is 2.94. The molecule has 0 aliphatic carbocycles. The Balaban J connectivity index is 0.000000302. The molecule has 2 N–H and O–H groups in total. The molecule has 0 aromatic heterocycles. The number of anilines is 1. The lowest BCUT2D eigenvalue weighted by Crippen LogP contribution is -2.29. The van der Waals surface area contributed by atoms with Crippen LogP contribution in [0.5, 0.6) is 0 Å². The van der Waals surface area contributed by atoms with E-state index >= 15 is 0 Å². The van der Waals surface area contributed by atoms with Crippen LogP contribution in [-0.2, 0) is 20.8 Å². The van der Waals surface area contributed by atoms with Crippen molar-refractivity contribution >= 4 is 39.3 Å². The summed E-state index contributed by atoms with van der Waals surface area (Å²) in [5, 5.41) is 0. The highest BCUT2D eigenvalue weighted by molar-refractivity contribution is 9.10. The van der Waals surface area contributed by atoms with E-state index in [2.05, 4.69) is 20.8 Å². The molecular weight excluding hydrogens is 560 g/mol. The molecule has 0 saturated carbocycles. The number of rotatable bonds is 8. The summed E-state index contributed by atoms with van der Waals surface area (Å²) in [6, 6.07) is 22.0. The summed E-state index contributed by atoms with van der Waals surface area (Å²) < 4.78 is 10.6. The van der Waals surface area contributed by atoms with Crippen LogP contribution >= 0.6 is 15.9 Å². The first-order valence-electron chi connectivity index (χ1n) is 12.6. The lowest BCUT2D eigenvalue weighted by Gasteiger charge is -2.27. The Morgan fingerprint density at radius 2 is 1.36 bits per heavy atom. The van der Waals surface area contributed by atoms with Crippen LogP contribution in [0.1, 0.15) is 65.5 Å². The van der Waals surface area contributed by atoms with Gasteiger partial charge in [0.15, 0.2) is 5.78 Å². The van der Waals surface area contributed by atoms with E-state index in [1.54, 1.807) is 12.1 Å². The number of carbonyl (C=O) groups is 3. The SMILES string of the molecule is C.CC(=O)OCCOC(=O)c1cc(Br)c(N)c(CN2CCCCC2)c1.O=C(c1ccccc1)c1ccccc1. The first-order valence-corrected chi connectivity index (χ1v) is 13.4. The first-order chi connectivity index (χ1) is 18.3. The Kier molecular flexibility index (Phi) is 13.4. The Bertz CT molecular complexity index is 1170. The van der Waals surface area contributed by atoms with E-state index in [1.165, 1.54) is 26.2 Å².